The van der Waals surface area contributed by atoms with Crippen molar-refractivity contribution in [2.24, 2.45) is 0 Å². The molecule has 1 amide bonds. The van der Waals surface area contributed by atoms with Crippen molar-refractivity contribution >= 4 is 36.0 Å². The fourth-order valence-corrected chi connectivity index (χ4v) is 6.55. The van der Waals surface area contributed by atoms with Crippen LogP contribution in [0, 0.1) is 13.8 Å². The number of hydrogen-bond donors (Lipinski definition) is 0. The Morgan fingerprint density at radius 3 is 2.20 bits per heavy atom. The monoisotopic (exact) mass is 765 g/mol. The normalized spacial score (nSPS) is 13.2. The predicted octanol–water partition coefficient (Wildman–Crippen LogP) is 10.2. The number of pyridine rings is 1. The molecule has 9 heteroatoms. The van der Waals surface area contributed by atoms with Crippen LogP contribution >= 0.6 is 24.0 Å². The molecule has 0 radical (unpaired) electrons. The molecule has 1 aliphatic rings. The highest BCUT2D eigenvalue weighted by Crippen LogP contribution is 2.34. The first-order valence-electron chi connectivity index (χ1n) is 18.3. The highest BCUT2D eigenvalue weighted by Gasteiger charge is 2.20. The van der Waals surface area contributed by atoms with Crippen molar-refractivity contribution < 1.29 is 19.0 Å². The van der Waals surface area contributed by atoms with Gasteiger partial charge in [-0.2, -0.15) is 0 Å². The molecule has 1 aliphatic heterocycles. The fourth-order valence-electron chi connectivity index (χ4n) is 6.24. The van der Waals surface area contributed by atoms with E-state index in [0.29, 0.717) is 54.6 Å². The number of aromatic nitrogens is 1. The van der Waals surface area contributed by atoms with Gasteiger partial charge in [0.2, 0.25) is 11.8 Å². The average Bonchev–Trinajstić information content (AvgIpc) is 3.16. The third kappa shape index (κ3) is 11.3. The number of amides is 1. The predicted molar refractivity (Wildman–Crippen MR) is 220 cm³/mol. The molecule has 0 atom stereocenters. The smallest absolute Gasteiger partial charge is 0.246 e. The van der Waals surface area contributed by atoms with Crippen LogP contribution < -0.4 is 14.2 Å². The SMILES string of the molecule is Cc1ccccc1COc1ccc(Oc2c(C)cc(C=CC(=O)N3CCN(Cc4ccc(CCOc5ccc(C(C)C)cc5)cc4)CC3)cc2Cl)nc1.Cl. The number of carbonyl (C=O) groups is 1. The summed E-state index contributed by atoms with van der Waals surface area (Å²) >= 11 is 6.64. The van der Waals surface area contributed by atoms with E-state index in [1.807, 2.05) is 42.2 Å². The van der Waals surface area contributed by atoms with Gasteiger partial charge >= 0.3 is 0 Å². The molecule has 7 nitrogen and oxygen atoms in total. The van der Waals surface area contributed by atoms with Crippen LogP contribution in [-0.2, 0) is 24.4 Å². The van der Waals surface area contributed by atoms with E-state index in [1.165, 1.54) is 22.3 Å². The Morgan fingerprint density at radius 1 is 0.833 bits per heavy atom. The minimum Gasteiger partial charge on any atom is -0.493 e. The summed E-state index contributed by atoms with van der Waals surface area (Å²) in [6.45, 7) is 13.4. The third-order valence-electron chi connectivity index (χ3n) is 9.56. The van der Waals surface area contributed by atoms with Gasteiger partial charge in [-0.15, -0.1) is 12.4 Å². The third-order valence-corrected chi connectivity index (χ3v) is 9.84. The van der Waals surface area contributed by atoms with Gasteiger partial charge < -0.3 is 19.1 Å². The van der Waals surface area contributed by atoms with Crippen LogP contribution in [0.2, 0.25) is 5.02 Å². The van der Waals surface area contributed by atoms with Crippen molar-refractivity contribution in [2.45, 2.75) is 53.2 Å². The van der Waals surface area contributed by atoms with Gasteiger partial charge in [0.25, 0.3) is 0 Å². The number of rotatable bonds is 14. The Morgan fingerprint density at radius 2 is 1.54 bits per heavy atom. The first-order valence-corrected chi connectivity index (χ1v) is 18.7. The maximum atomic E-state index is 13.1. The Hall–Kier alpha value is -4.82. The summed E-state index contributed by atoms with van der Waals surface area (Å²) in [5.41, 5.74) is 7.83. The van der Waals surface area contributed by atoms with Crippen molar-refractivity contribution in [1.82, 2.24) is 14.8 Å². The Labute approximate surface area is 331 Å². The molecule has 1 fully saturated rings. The zero-order valence-corrected chi connectivity index (χ0v) is 33.0. The van der Waals surface area contributed by atoms with Gasteiger partial charge in [0.15, 0.2) is 5.75 Å². The van der Waals surface area contributed by atoms with Gasteiger partial charge in [-0.25, -0.2) is 4.98 Å². The van der Waals surface area contributed by atoms with E-state index in [1.54, 1.807) is 24.4 Å². The second-order valence-electron chi connectivity index (χ2n) is 13.9. The summed E-state index contributed by atoms with van der Waals surface area (Å²) < 4.78 is 17.9. The lowest BCUT2D eigenvalue weighted by atomic mass is 10.0. The van der Waals surface area contributed by atoms with Crippen molar-refractivity contribution in [3.63, 3.8) is 0 Å². The van der Waals surface area contributed by atoms with Crippen LogP contribution in [0.3, 0.4) is 0 Å². The van der Waals surface area contributed by atoms with Gasteiger partial charge in [0.1, 0.15) is 18.1 Å². The molecule has 1 saturated heterocycles. The van der Waals surface area contributed by atoms with E-state index >= 15 is 0 Å². The molecule has 0 unspecified atom stereocenters. The molecule has 6 rings (SSSR count). The zero-order valence-electron chi connectivity index (χ0n) is 31.5. The van der Waals surface area contributed by atoms with Crippen LogP contribution in [0.5, 0.6) is 23.1 Å². The molecule has 0 aliphatic carbocycles. The van der Waals surface area contributed by atoms with Gasteiger partial charge in [0, 0.05) is 51.3 Å². The highest BCUT2D eigenvalue weighted by atomic mass is 35.5. The number of hydrogen-bond acceptors (Lipinski definition) is 6. The van der Waals surface area contributed by atoms with E-state index in [9.17, 15) is 4.79 Å². The number of nitrogens with zero attached hydrogens (tertiary/aromatic N) is 3. The largest absolute Gasteiger partial charge is 0.493 e. The molecule has 0 spiro atoms. The lowest BCUT2D eigenvalue weighted by Crippen LogP contribution is -2.47. The number of benzene rings is 4. The summed E-state index contributed by atoms with van der Waals surface area (Å²) in [7, 11) is 0. The van der Waals surface area contributed by atoms with Gasteiger partial charge in [-0.05, 0) is 95.1 Å². The standard InChI is InChI=1S/C45H48ClN3O4.ClH/c1-32(2)38-14-16-40(17-15-38)51-26-21-35-9-11-36(12-10-35)30-48-22-24-49(25-23-48)44(50)20-13-37-27-34(4)45(42(46)28-37)53-43-19-18-41(29-47-43)52-31-39-8-6-5-7-33(39)3;/h5-20,27-29,32H,21-26,30-31H2,1-4H3;1H. The van der Waals surface area contributed by atoms with Crippen LogP contribution in [-0.4, -0.2) is 53.5 Å². The Kier molecular flexibility index (Phi) is 14.6. The second kappa shape index (κ2) is 19.5. The van der Waals surface area contributed by atoms with Crippen molar-refractivity contribution in [1.29, 1.82) is 0 Å². The van der Waals surface area contributed by atoms with Gasteiger partial charge in [-0.1, -0.05) is 86.1 Å². The lowest BCUT2D eigenvalue weighted by molar-refractivity contribution is -0.127. The summed E-state index contributed by atoms with van der Waals surface area (Å²) in [5.74, 6) is 3.02. The molecule has 282 valence electrons. The van der Waals surface area contributed by atoms with Crippen LogP contribution in [0.15, 0.2) is 109 Å². The quantitative estimate of drug-likeness (QED) is 0.105. The zero-order chi connectivity index (χ0) is 37.2. The van der Waals surface area contributed by atoms with E-state index in [0.717, 1.165) is 48.5 Å². The number of halogens is 2. The van der Waals surface area contributed by atoms with E-state index in [2.05, 4.69) is 91.3 Å². The highest BCUT2D eigenvalue weighted by molar-refractivity contribution is 6.32. The molecule has 54 heavy (non-hydrogen) atoms. The summed E-state index contributed by atoms with van der Waals surface area (Å²) in [4.78, 5) is 21.8. The van der Waals surface area contributed by atoms with Gasteiger partial charge in [-0.3, -0.25) is 9.69 Å². The fraction of sp³-hybridized carbons (Fsp3) is 0.289. The molecule has 2 heterocycles. The van der Waals surface area contributed by atoms with Crippen molar-refractivity contribution in [3.05, 3.63) is 153 Å². The minimum atomic E-state index is -0.00452. The Bertz CT molecular complexity index is 1970. The molecular formula is C45H49Cl2N3O4. The second-order valence-corrected chi connectivity index (χ2v) is 14.3. The van der Waals surface area contributed by atoms with E-state index in [-0.39, 0.29) is 18.3 Å². The minimum absolute atomic E-state index is 0. The topological polar surface area (TPSA) is 64.1 Å². The molecule has 1 aromatic heterocycles. The van der Waals surface area contributed by atoms with Gasteiger partial charge in [0.05, 0.1) is 17.8 Å². The summed E-state index contributed by atoms with van der Waals surface area (Å²) in [6.07, 6.45) is 5.94. The number of carbonyl (C=O) groups excluding carboxylic acids is 1. The first-order chi connectivity index (χ1) is 25.7. The summed E-state index contributed by atoms with van der Waals surface area (Å²) in [6, 6.07) is 32.6. The van der Waals surface area contributed by atoms with Crippen LogP contribution in [0.4, 0.5) is 0 Å². The number of aryl methyl sites for hydroxylation is 2. The van der Waals surface area contributed by atoms with E-state index < -0.39 is 0 Å². The Balaban J connectivity index is 0.00000561. The average molecular weight is 767 g/mol. The number of ether oxygens (including phenoxy) is 3. The van der Waals surface area contributed by atoms with Crippen LogP contribution in [0.1, 0.15) is 58.7 Å². The van der Waals surface area contributed by atoms with E-state index in [4.69, 9.17) is 25.8 Å². The molecule has 0 bridgehead atoms. The number of piperazine rings is 1. The summed E-state index contributed by atoms with van der Waals surface area (Å²) in [5, 5.41) is 0.445. The molecule has 0 N–H and O–H groups in total. The van der Waals surface area contributed by atoms with Crippen molar-refractivity contribution in [3.8, 4) is 23.1 Å². The van der Waals surface area contributed by atoms with Crippen molar-refractivity contribution in [2.75, 3.05) is 32.8 Å². The first kappa shape index (κ1) is 40.4. The molecule has 5 aromatic rings. The maximum absolute atomic E-state index is 13.1. The lowest BCUT2D eigenvalue weighted by Gasteiger charge is -2.34. The molecular weight excluding hydrogens is 717 g/mol. The molecule has 4 aromatic carbocycles. The van der Waals surface area contributed by atoms with Crippen LogP contribution in [0.25, 0.3) is 6.08 Å². The molecule has 0 saturated carbocycles. The maximum Gasteiger partial charge on any atom is 0.246 e.